The highest BCUT2D eigenvalue weighted by molar-refractivity contribution is 6.34. The van der Waals surface area contributed by atoms with Gasteiger partial charge in [-0.3, -0.25) is 4.90 Å². The Kier molecular flexibility index (Phi) is 6.10. The lowest BCUT2D eigenvalue weighted by molar-refractivity contribution is 0.248. The van der Waals surface area contributed by atoms with E-state index in [4.69, 9.17) is 23.2 Å². The highest BCUT2D eigenvalue weighted by Crippen LogP contribution is 2.21. The summed E-state index contributed by atoms with van der Waals surface area (Å²) in [5.41, 5.74) is 3.55. The first-order chi connectivity index (χ1) is 13.7. The highest BCUT2D eigenvalue weighted by Gasteiger charge is 2.19. The molecule has 4 rings (SSSR count). The van der Waals surface area contributed by atoms with Gasteiger partial charge in [0, 0.05) is 61.6 Å². The minimum atomic E-state index is 0.685. The third kappa shape index (κ3) is 5.02. The number of benzene rings is 2. The van der Waals surface area contributed by atoms with E-state index in [0.717, 1.165) is 56.2 Å². The summed E-state index contributed by atoms with van der Waals surface area (Å²) in [4.78, 5) is 13.8. The fourth-order valence-corrected chi connectivity index (χ4v) is 4.07. The standard InChI is InChI=1S/C22H22Cl2N4/c23-20-11-18(12-21(24)13-20)16-27-6-8-28(9-7-27)22-25-14-19(15-26-22)10-17-4-2-1-3-5-17/h1-5,11-15H,6-10,16H2. The molecule has 0 atom stereocenters. The molecule has 0 bridgehead atoms. The maximum atomic E-state index is 6.11. The Morgan fingerprint density at radius 2 is 1.39 bits per heavy atom. The number of hydrogen-bond donors (Lipinski definition) is 0. The fraction of sp³-hybridized carbons (Fsp3) is 0.273. The smallest absolute Gasteiger partial charge is 0.225 e. The summed E-state index contributed by atoms with van der Waals surface area (Å²) >= 11 is 12.2. The molecule has 0 amide bonds. The molecule has 1 aliphatic heterocycles. The first kappa shape index (κ1) is 19.2. The van der Waals surface area contributed by atoms with E-state index in [1.807, 2.05) is 30.6 Å². The van der Waals surface area contributed by atoms with E-state index in [1.165, 1.54) is 5.56 Å². The molecule has 0 spiro atoms. The third-order valence-corrected chi connectivity index (χ3v) is 5.36. The Morgan fingerprint density at radius 3 is 2.04 bits per heavy atom. The molecular formula is C22H22Cl2N4. The molecule has 0 aliphatic carbocycles. The van der Waals surface area contributed by atoms with Crippen LogP contribution in [0.4, 0.5) is 5.95 Å². The number of nitrogens with zero attached hydrogens (tertiary/aromatic N) is 4. The zero-order chi connectivity index (χ0) is 19.3. The van der Waals surface area contributed by atoms with E-state index in [-0.39, 0.29) is 0 Å². The van der Waals surface area contributed by atoms with Gasteiger partial charge in [0.2, 0.25) is 5.95 Å². The molecule has 6 heteroatoms. The van der Waals surface area contributed by atoms with E-state index in [0.29, 0.717) is 10.0 Å². The lowest BCUT2D eigenvalue weighted by Gasteiger charge is -2.34. The molecule has 1 saturated heterocycles. The Balaban J connectivity index is 1.32. The average molecular weight is 413 g/mol. The maximum absolute atomic E-state index is 6.11. The molecule has 0 radical (unpaired) electrons. The second kappa shape index (κ2) is 8.91. The molecule has 3 aromatic rings. The van der Waals surface area contributed by atoms with Crippen molar-refractivity contribution in [2.24, 2.45) is 0 Å². The van der Waals surface area contributed by atoms with Crippen molar-refractivity contribution < 1.29 is 0 Å². The maximum Gasteiger partial charge on any atom is 0.225 e. The van der Waals surface area contributed by atoms with Gasteiger partial charge >= 0.3 is 0 Å². The summed E-state index contributed by atoms with van der Waals surface area (Å²) in [6.45, 7) is 4.59. The fourth-order valence-electron chi connectivity index (χ4n) is 3.50. The predicted molar refractivity (Wildman–Crippen MR) is 115 cm³/mol. The lowest BCUT2D eigenvalue weighted by atomic mass is 10.1. The monoisotopic (exact) mass is 412 g/mol. The minimum absolute atomic E-state index is 0.685. The van der Waals surface area contributed by atoms with Crippen LogP contribution in [0.2, 0.25) is 10.0 Å². The predicted octanol–water partition coefficient (Wildman–Crippen LogP) is 4.70. The van der Waals surface area contributed by atoms with Gasteiger partial charge in [-0.05, 0) is 34.9 Å². The van der Waals surface area contributed by atoms with Crippen LogP contribution in [0.15, 0.2) is 60.9 Å². The van der Waals surface area contributed by atoms with Crippen LogP contribution in [0.3, 0.4) is 0 Å². The van der Waals surface area contributed by atoms with E-state index in [9.17, 15) is 0 Å². The van der Waals surface area contributed by atoms with Gasteiger partial charge in [0.1, 0.15) is 0 Å². The summed E-state index contributed by atoms with van der Waals surface area (Å²) in [5.74, 6) is 0.808. The summed E-state index contributed by atoms with van der Waals surface area (Å²) in [6.07, 6.45) is 4.74. The lowest BCUT2D eigenvalue weighted by Crippen LogP contribution is -2.46. The van der Waals surface area contributed by atoms with Crippen LogP contribution < -0.4 is 4.90 Å². The number of halogens is 2. The molecule has 0 saturated carbocycles. The Hall–Kier alpha value is -2.14. The average Bonchev–Trinajstić information content (AvgIpc) is 2.69. The molecular weight excluding hydrogens is 391 g/mol. The minimum Gasteiger partial charge on any atom is -0.338 e. The number of piperazine rings is 1. The quantitative estimate of drug-likeness (QED) is 0.607. The molecule has 1 fully saturated rings. The molecule has 1 aromatic heterocycles. The van der Waals surface area contributed by atoms with Gasteiger partial charge in [-0.15, -0.1) is 0 Å². The highest BCUT2D eigenvalue weighted by atomic mass is 35.5. The summed E-state index contributed by atoms with van der Waals surface area (Å²) in [6, 6.07) is 16.1. The molecule has 144 valence electrons. The molecule has 0 N–H and O–H groups in total. The number of anilines is 1. The first-order valence-corrected chi connectivity index (χ1v) is 10.2. The molecule has 2 aromatic carbocycles. The zero-order valence-electron chi connectivity index (χ0n) is 15.6. The normalized spacial score (nSPS) is 15.0. The van der Waals surface area contributed by atoms with Crippen LogP contribution in [0.5, 0.6) is 0 Å². The largest absolute Gasteiger partial charge is 0.338 e. The molecule has 28 heavy (non-hydrogen) atoms. The number of hydrogen-bond acceptors (Lipinski definition) is 4. The van der Waals surface area contributed by atoms with Crippen molar-refractivity contribution in [1.82, 2.24) is 14.9 Å². The second-order valence-electron chi connectivity index (χ2n) is 7.09. The van der Waals surface area contributed by atoms with Crippen molar-refractivity contribution in [2.45, 2.75) is 13.0 Å². The molecule has 1 aliphatic rings. The van der Waals surface area contributed by atoms with Gasteiger partial charge in [-0.1, -0.05) is 53.5 Å². The van der Waals surface area contributed by atoms with Gasteiger partial charge < -0.3 is 4.90 Å². The molecule has 2 heterocycles. The van der Waals surface area contributed by atoms with Gasteiger partial charge in [0.05, 0.1) is 0 Å². The first-order valence-electron chi connectivity index (χ1n) is 9.43. The van der Waals surface area contributed by atoms with E-state index in [2.05, 4.69) is 44.0 Å². The number of rotatable bonds is 5. The van der Waals surface area contributed by atoms with E-state index in [1.54, 1.807) is 6.07 Å². The van der Waals surface area contributed by atoms with Crippen molar-refractivity contribution in [3.63, 3.8) is 0 Å². The van der Waals surface area contributed by atoms with Gasteiger partial charge in [-0.2, -0.15) is 0 Å². The SMILES string of the molecule is Clc1cc(Cl)cc(CN2CCN(c3ncc(Cc4ccccc4)cn3)CC2)c1. The van der Waals surface area contributed by atoms with Crippen molar-refractivity contribution in [2.75, 3.05) is 31.1 Å². The zero-order valence-corrected chi connectivity index (χ0v) is 17.1. The van der Waals surface area contributed by atoms with Crippen LogP contribution in [0.1, 0.15) is 16.7 Å². The van der Waals surface area contributed by atoms with Crippen molar-refractivity contribution in [1.29, 1.82) is 0 Å². The van der Waals surface area contributed by atoms with Crippen molar-refractivity contribution in [3.05, 3.63) is 87.7 Å². The second-order valence-corrected chi connectivity index (χ2v) is 7.97. The van der Waals surface area contributed by atoms with E-state index >= 15 is 0 Å². The van der Waals surface area contributed by atoms with Crippen molar-refractivity contribution in [3.8, 4) is 0 Å². The van der Waals surface area contributed by atoms with Crippen molar-refractivity contribution >= 4 is 29.2 Å². The Bertz CT molecular complexity index is 887. The Labute approximate surface area is 175 Å². The molecule has 0 unspecified atom stereocenters. The van der Waals surface area contributed by atoms with Crippen LogP contribution in [0.25, 0.3) is 0 Å². The van der Waals surface area contributed by atoms with Gasteiger partial charge in [0.15, 0.2) is 0 Å². The third-order valence-electron chi connectivity index (χ3n) is 4.93. The van der Waals surface area contributed by atoms with Crippen LogP contribution in [-0.2, 0) is 13.0 Å². The number of aromatic nitrogens is 2. The summed E-state index contributed by atoms with van der Waals surface area (Å²) in [7, 11) is 0. The topological polar surface area (TPSA) is 32.3 Å². The summed E-state index contributed by atoms with van der Waals surface area (Å²) in [5, 5.41) is 1.37. The van der Waals surface area contributed by atoms with Crippen LogP contribution in [-0.4, -0.2) is 41.0 Å². The van der Waals surface area contributed by atoms with Crippen LogP contribution >= 0.6 is 23.2 Å². The summed E-state index contributed by atoms with van der Waals surface area (Å²) < 4.78 is 0. The van der Waals surface area contributed by atoms with E-state index < -0.39 is 0 Å². The molecule has 4 nitrogen and oxygen atoms in total. The van der Waals surface area contributed by atoms with Gasteiger partial charge in [-0.25, -0.2) is 9.97 Å². The van der Waals surface area contributed by atoms with Crippen LogP contribution in [0, 0.1) is 0 Å². The van der Waals surface area contributed by atoms with Gasteiger partial charge in [0.25, 0.3) is 0 Å². The Morgan fingerprint density at radius 1 is 0.750 bits per heavy atom.